The first-order valence-corrected chi connectivity index (χ1v) is 8.79. The van der Waals surface area contributed by atoms with E-state index in [0.29, 0.717) is 17.2 Å². The van der Waals surface area contributed by atoms with Gasteiger partial charge >= 0.3 is 0 Å². The average Bonchev–Trinajstić information content (AvgIpc) is 2.83. The molecule has 0 aromatic heterocycles. The minimum absolute atomic E-state index is 0.0185. The van der Waals surface area contributed by atoms with Crippen LogP contribution in [0, 0.1) is 6.92 Å². The Kier molecular flexibility index (Phi) is 4.90. The van der Waals surface area contributed by atoms with Gasteiger partial charge < -0.3 is 9.80 Å². The summed E-state index contributed by atoms with van der Waals surface area (Å²) in [5.41, 5.74) is 1.83. The number of carbonyl (C=O) groups is 3. The fourth-order valence-electron chi connectivity index (χ4n) is 3.60. The summed E-state index contributed by atoms with van der Waals surface area (Å²) < 4.78 is 0. The van der Waals surface area contributed by atoms with Crippen molar-refractivity contribution < 1.29 is 14.4 Å². The molecule has 134 valence electrons. The minimum Gasteiger partial charge on any atom is -0.343 e. The number of likely N-dealkylation sites (tertiary alicyclic amines) is 1. The fraction of sp³-hybridized carbons (Fsp3) is 0.526. The van der Waals surface area contributed by atoms with E-state index in [9.17, 15) is 14.4 Å². The number of fused-ring (bicyclic) bond motifs is 1. The summed E-state index contributed by atoms with van der Waals surface area (Å²) in [6.45, 7) is 3.52. The highest BCUT2D eigenvalue weighted by Gasteiger charge is 2.35. The van der Waals surface area contributed by atoms with E-state index in [2.05, 4.69) is 19.0 Å². The lowest BCUT2D eigenvalue weighted by atomic mass is 10.0. The third-order valence-electron chi connectivity index (χ3n) is 5.22. The second-order valence-corrected chi connectivity index (χ2v) is 7.14. The second kappa shape index (κ2) is 6.96. The molecule has 0 spiro atoms. The van der Waals surface area contributed by atoms with E-state index in [1.807, 2.05) is 17.9 Å². The monoisotopic (exact) mass is 343 g/mol. The van der Waals surface area contributed by atoms with E-state index in [1.54, 1.807) is 12.1 Å². The van der Waals surface area contributed by atoms with Gasteiger partial charge in [0, 0.05) is 32.1 Å². The van der Waals surface area contributed by atoms with Crippen LogP contribution in [0.15, 0.2) is 18.2 Å². The van der Waals surface area contributed by atoms with Crippen LogP contribution < -0.4 is 0 Å². The molecule has 3 rings (SSSR count). The lowest BCUT2D eigenvalue weighted by molar-refractivity contribution is -0.132. The van der Waals surface area contributed by atoms with Crippen molar-refractivity contribution in [2.24, 2.45) is 0 Å². The number of rotatable bonds is 4. The molecule has 0 unspecified atom stereocenters. The largest absolute Gasteiger partial charge is 0.343 e. The Morgan fingerprint density at radius 3 is 2.40 bits per heavy atom. The van der Waals surface area contributed by atoms with Crippen molar-refractivity contribution >= 4 is 17.7 Å². The molecule has 0 atom stereocenters. The molecule has 0 saturated carbocycles. The normalized spacial score (nSPS) is 18.2. The van der Waals surface area contributed by atoms with Gasteiger partial charge in [-0.3, -0.25) is 19.3 Å². The van der Waals surface area contributed by atoms with Crippen molar-refractivity contribution in [3.63, 3.8) is 0 Å². The molecule has 6 heteroatoms. The molecule has 0 bridgehead atoms. The Morgan fingerprint density at radius 2 is 1.76 bits per heavy atom. The fourth-order valence-corrected chi connectivity index (χ4v) is 3.60. The third-order valence-corrected chi connectivity index (χ3v) is 5.22. The summed E-state index contributed by atoms with van der Waals surface area (Å²) in [6, 6.07) is 5.78. The van der Waals surface area contributed by atoms with E-state index in [4.69, 9.17) is 0 Å². The van der Waals surface area contributed by atoms with Gasteiger partial charge in [-0.15, -0.1) is 0 Å². The topological polar surface area (TPSA) is 60.9 Å². The highest BCUT2D eigenvalue weighted by atomic mass is 16.2. The quantitative estimate of drug-likeness (QED) is 0.778. The van der Waals surface area contributed by atoms with Gasteiger partial charge in [-0.25, -0.2) is 0 Å². The van der Waals surface area contributed by atoms with Crippen LogP contribution in [0.3, 0.4) is 0 Å². The highest BCUT2D eigenvalue weighted by molar-refractivity contribution is 6.21. The van der Waals surface area contributed by atoms with Crippen molar-refractivity contribution in [1.82, 2.24) is 14.7 Å². The molecule has 0 radical (unpaired) electrons. The predicted molar refractivity (Wildman–Crippen MR) is 94.5 cm³/mol. The van der Waals surface area contributed by atoms with Crippen LogP contribution in [-0.2, 0) is 4.79 Å². The van der Waals surface area contributed by atoms with Crippen LogP contribution in [0.2, 0.25) is 0 Å². The number of carbonyl (C=O) groups excluding carboxylic acids is 3. The zero-order chi connectivity index (χ0) is 18.1. The maximum Gasteiger partial charge on any atom is 0.261 e. The van der Waals surface area contributed by atoms with Gasteiger partial charge in [0.2, 0.25) is 5.91 Å². The third kappa shape index (κ3) is 3.44. The first-order chi connectivity index (χ1) is 11.9. The minimum atomic E-state index is -0.292. The predicted octanol–water partition coefficient (Wildman–Crippen LogP) is 1.53. The molecular formula is C19H25N3O3. The number of piperidine rings is 1. The molecule has 1 saturated heterocycles. The van der Waals surface area contributed by atoms with Crippen molar-refractivity contribution in [3.8, 4) is 0 Å². The Hall–Kier alpha value is -2.21. The van der Waals surface area contributed by atoms with Crippen LogP contribution >= 0.6 is 0 Å². The molecule has 0 aliphatic carbocycles. The molecule has 6 nitrogen and oxygen atoms in total. The number of amides is 3. The van der Waals surface area contributed by atoms with Crippen molar-refractivity contribution in [2.45, 2.75) is 32.2 Å². The van der Waals surface area contributed by atoms with E-state index in [-0.39, 0.29) is 30.7 Å². The van der Waals surface area contributed by atoms with Crippen LogP contribution in [0.25, 0.3) is 0 Å². The first-order valence-electron chi connectivity index (χ1n) is 8.79. The number of nitrogens with zero attached hydrogens (tertiary/aromatic N) is 3. The number of aryl methyl sites for hydroxylation is 1. The van der Waals surface area contributed by atoms with Gasteiger partial charge in [0.25, 0.3) is 11.8 Å². The first kappa shape index (κ1) is 17.6. The Bertz CT molecular complexity index is 706. The number of hydrogen-bond acceptors (Lipinski definition) is 4. The van der Waals surface area contributed by atoms with Crippen LogP contribution in [0.1, 0.15) is 45.5 Å². The molecule has 3 amide bonds. The second-order valence-electron chi connectivity index (χ2n) is 7.14. The summed E-state index contributed by atoms with van der Waals surface area (Å²) in [7, 11) is 4.12. The van der Waals surface area contributed by atoms with Gasteiger partial charge in [-0.05, 0) is 46.0 Å². The molecule has 2 aliphatic rings. The lowest BCUT2D eigenvalue weighted by Gasteiger charge is -2.35. The molecule has 0 N–H and O–H groups in total. The lowest BCUT2D eigenvalue weighted by Crippen LogP contribution is -2.45. The van der Waals surface area contributed by atoms with Gasteiger partial charge in [0.05, 0.1) is 11.1 Å². The zero-order valence-corrected chi connectivity index (χ0v) is 15.1. The van der Waals surface area contributed by atoms with Crippen molar-refractivity contribution in [2.75, 3.05) is 33.7 Å². The number of imide groups is 1. The molecule has 1 fully saturated rings. The summed E-state index contributed by atoms with van der Waals surface area (Å²) in [4.78, 5) is 42.5. The highest BCUT2D eigenvalue weighted by Crippen LogP contribution is 2.24. The SMILES string of the molecule is Cc1ccc2c(c1)C(=O)N(CCC(=O)N1CCC(N(C)C)CC1)C2=O. The Labute approximate surface area is 148 Å². The maximum atomic E-state index is 12.4. The summed E-state index contributed by atoms with van der Waals surface area (Å²) in [6.07, 6.45) is 2.12. The maximum absolute atomic E-state index is 12.4. The van der Waals surface area contributed by atoms with Crippen LogP contribution in [0.5, 0.6) is 0 Å². The van der Waals surface area contributed by atoms with Crippen molar-refractivity contribution in [3.05, 3.63) is 34.9 Å². The van der Waals surface area contributed by atoms with Crippen LogP contribution in [-0.4, -0.2) is 72.2 Å². The summed E-state index contributed by atoms with van der Waals surface area (Å²) in [5, 5.41) is 0. The van der Waals surface area contributed by atoms with Crippen molar-refractivity contribution in [1.29, 1.82) is 0 Å². The van der Waals surface area contributed by atoms with Gasteiger partial charge in [-0.2, -0.15) is 0 Å². The Balaban J connectivity index is 1.57. The zero-order valence-electron chi connectivity index (χ0n) is 15.1. The standard InChI is InChI=1S/C19H25N3O3/c1-13-4-5-15-16(12-13)19(25)22(18(15)24)11-8-17(23)21-9-6-14(7-10-21)20(2)3/h4-5,12,14H,6-11H2,1-3H3. The summed E-state index contributed by atoms with van der Waals surface area (Å²) in [5.74, 6) is -0.563. The molecule has 2 heterocycles. The molecule has 25 heavy (non-hydrogen) atoms. The molecule has 1 aromatic carbocycles. The smallest absolute Gasteiger partial charge is 0.261 e. The number of benzene rings is 1. The molecule has 1 aromatic rings. The molecule has 2 aliphatic heterocycles. The van der Waals surface area contributed by atoms with Crippen LogP contribution in [0.4, 0.5) is 0 Å². The van der Waals surface area contributed by atoms with E-state index >= 15 is 0 Å². The van der Waals surface area contributed by atoms with E-state index in [1.165, 1.54) is 4.90 Å². The average molecular weight is 343 g/mol. The van der Waals surface area contributed by atoms with E-state index in [0.717, 1.165) is 31.5 Å². The Morgan fingerprint density at radius 1 is 1.12 bits per heavy atom. The summed E-state index contributed by atoms with van der Waals surface area (Å²) >= 11 is 0. The van der Waals surface area contributed by atoms with Gasteiger partial charge in [0.1, 0.15) is 0 Å². The van der Waals surface area contributed by atoms with Gasteiger partial charge in [0.15, 0.2) is 0 Å². The van der Waals surface area contributed by atoms with E-state index < -0.39 is 0 Å². The van der Waals surface area contributed by atoms with Gasteiger partial charge in [-0.1, -0.05) is 11.6 Å². The number of hydrogen-bond donors (Lipinski definition) is 0. The molecular weight excluding hydrogens is 318 g/mol.